The quantitative estimate of drug-likeness (QED) is 0.469. The second kappa shape index (κ2) is 9.41. The Bertz CT molecular complexity index is 811. The van der Waals surface area contributed by atoms with Gasteiger partial charge in [-0.15, -0.1) is 0 Å². The number of hydrogen-bond acceptors (Lipinski definition) is 7. The van der Waals surface area contributed by atoms with Crippen molar-refractivity contribution >= 4 is 17.5 Å². The van der Waals surface area contributed by atoms with Gasteiger partial charge in [0.2, 0.25) is 11.8 Å². The van der Waals surface area contributed by atoms with E-state index in [0.717, 1.165) is 25.7 Å². The fraction of sp³-hybridized carbons (Fsp3) is 0.474. The molecule has 0 saturated heterocycles. The van der Waals surface area contributed by atoms with Crippen LogP contribution >= 0.6 is 0 Å². The van der Waals surface area contributed by atoms with Crippen molar-refractivity contribution in [1.29, 1.82) is 0 Å². The lowest BCUT2D eigenvalue weighted by Crippen LogP contribution is -2.29. The molecule has 1 saturated carbocycles. The molecule has 1 aromatic heterocycles. The Kier molecular flexibility index (Phi) is 6.70. The number of nitrogens with zero attached hydrogens (tertiary/aromatic N) is 3. The van der Waals surface area contributed by atoms with Gasteiger partial charge in [0.15, 0.2) is 0 Å². The van der Waals surface area contributed by atoms with Crippen LogP contribution in [0.15, 0.2) is 30.5 Å². The van der Waals surface area contributed by atoms with Gasteiger partial charge in [0, 0.05) is 19.1 Å². The molecule has 0 atom stereocenters. The molecule has 28 heavy (non-hydrogen) atoms. The lowest BCUT2D eigenvalue weighted by molar-refractivity contribution is -0.384. The Hall–Kier alpha value is -2.81. The van der Waals surface area contributed by atoms with E-state index in [1.807, 2.05) is 0 Å². The topological polar surface area (TPSA) is 119 Å². The van der Waals surface area contributed by atoms with Gasteiger partial charge in [-0.3, -0.25) is 10.1 Å². The van der Waals surface area contributed by atoms with Gasteiger partial charge >= 0.3 is 5.69 Å². The van der Waals surface area contributed by atoms with E-state index in [1.54, 1.807) is 18.2 Å². The molecule has 0 spiro atoms. The summed E-state index contributed by atoms with van der Waals surface area (Å²) in [6, 6.07) is 6.81. The first-order valence-corrected chi connectivity index (χ1v) is 9.51. The Morgan fingerprint density at radius 3 is 2.68 bits per heavy atom. The summed E-state index contributed by atoms with van der Waals surface area (Å²) < 4.78 is 13.7. The van der Waals surface area contributed by atoms with Crippen LogP contribution in [-0.2, 0) is 6.42 Å². The maximum atomic E-state index is 13.7. The number of nitrogens with two attached hydrogens (primary N) is 1. The van der Waals surface area contributed by atoms with Gasteiger partial charge in [-0.1, -0.05) is 18.2 Å². The van der Waals surface area contributed by atoms with E-state index in [-0.39, 0.29) is 29.3 Å². The number of rotatable bonds is 8. The third kappa shape index (κ3) is 5.35. The molecule has 8 nitrogen and oxygen atoms in total. The van der Waals surface area contributed by atoms with Crippen molar-refractivity contribution in [1.82, 2.24) is 9.97 Å². The lowest BCUT2D eigenvalue weighted by atomic mass is 9.86. The van der Waals surface area contributed by atoms with Crippen LogP contribution in [0.5, 0.6) is 0 Å². The minimum absolute atomic E-state index is 0.160. The predicted molar refractivity (Wildman–Crippen MR) is 106 cm³/mol. The highest BCUT2D eigenvalue weighted by atomic mass is 19.1. The Labute approximate surface area is 162 Å². The highest BCUT2D eigenvalue weighted by Gasteiger charge is 2.21. The number of benzene rings is 1. The van der Waals surface area contributed by atoms with Crippen molar-refractivity contribution in [2.24, 2.45) is 11.7 Å². The van der Waals surface area contributed by atoms with E-state index in [1.165, 1.54) is 12.3 Å². The van der Waals surface area contributed by atoms with Crippen LogP contribution in [0.2, 0.25) is 0 Å². The molecule has 1 fully saturated rings. The van der Waals surface area contributed by atoms with Crippen LogP contribution in [0.3, 0.4) is 0 Å². The molecule has 2 aromatic rings. The van der Waals surface area contributed by atoms with E-state index in [9.17, 15) is 14.5 Å². The van der Waals surface area contributed by atoms with Crippen LogP contribution < -0.4 is 16.4 Å². The second-order valence-corrected chi connectivity index (χ2v) is 7.11. The maximum Gasteiger partial charge on any atom is 0.329 e. The minimum atomic E-state index is -0.498. The molecule has 1 aliphatic rings. The fourth-order valence-electron chi connectivity index (χ4n) is 3.37. The van der Waals surface area contributed by atoms with E-state index < -0.39 is 4.92 Å². The number of aromatic nitrogens is 2. The smallest absolute Gasteiger partial charge is 0.329 e. The summed E-state index contributed by atoms with van der Waals surface area (Å²) in [7, 11) is 0. The van der Waals surface area contributed by atoms with Gasteiger partial charge in [-0.05, 0) is 49.7 Å². The summed E-state index contributed by atoms with van der Waals surface area (Å²) in [5.74, 6) is 0.633. The molecule has 1 heterocycles. The Morgan fingerprint density at radius 2 is 1.96 bits per heavy atom. The number of nitrogens with one attached hydrogen (secondary N) is 2. The maximum absolute atomic E-state index is 13.7. The van der Waals surface area contributed by atoms with Crippen LogP contribution in [0.4, 0.5) is 21.8 Å². The first-order chi connectivity index (χ1) is 13.5. The first-order valence-electron chi connectivity index (χ1n) is 9.51. The van der Waals surface area contributed by atoms with Gasteiger partial charge in [-0.2, -0.15) is 4.98 Å². The van der Waals surface area contributed by atoms with Crippen molar-refractivity contribution in [2.75, 3.05) is 23.7 Å². The van der Waals surface area contributed by atoms with Gasteiger partial charge in [-0.25, -0.2) is 9.37 Å². The standard InChI is InChI=1S/C19H25FN6O2/c20-16-4-2-1-3-14(16)9-10-22-19-24-12-17(26(27)28)18(25-19)23-11-13-5-7-15(21)8-6-13/h1-4,12-13,15H,5-11,21H2,(H2,22,23,24,25)/t13-,15-. The minimum Gasteiger partial charge on any atom is -0.364 e. The van der Waals surface area contributed by atoms with Gasteiger partial charge < -0.3 is 16.4 Å². The molecule has 3 rings (SSSR count). The highest BCUT2D eigenvalue weighted by Crippen LogP contribution is 2.26. The monoisotopic (exact) mass is 388 g/mol. The van der Waals surface area contributed by atoms with Crippen LogP contribution in [0, 0.1) is 21.8 Å². The zero-order valence-electron chi connectivity index (χ0n) is 15.6. The summed E-state index contributed by atoms with van der Waals surface area (Å²) in [5, 5.41) is 17.4. The van der Waals surface area contributed by atoms with E-state index in [4.69, 9.17) is 5.73 Å². The SMILES string of the molecule is N[C@H]1CC[C@H](CNc2nc(NCCc3ccccc3F)ncc2[N+](=O)[O-])CC1. The van der Waals surface area contributed by atoms with Crippen molar-refractivity contribution in [3.63, 3.8) is 0 Å². The summed E-state index contributed by atoms with van der Waals surface area (Å²) in [4.78, 5) is 19.0. The fourth-order valence-corrected chi connectivity index (χ4v) is 3.37. The molecule has 9 heteroatoms. The molecule has 0 unspecified atom stereocenters. The molecule has 0 aliphatic heterocycles. The van der Waals surface area contributed by atoms with E-state index in [0.29, 0.717) is 31.0 Å². The first kappa shape index (κ1) is 19.9. The van der Waals surface area contributed by atoms with Crippen molar-refractivity contribution < 1.29 is 9.31 Å². The van der Waals surface area contributed by atoms with Crippen LogP contribution in [0.1, 0.15) is 31.2 Å². The zero-order chi connectivity index (χ0) is 19.9. The molecule has 0 amide bonds. The molecule has 1 aromatic carbocycles. The average Bonchev–Trinajstić information content (AvgIpc) is 2.69. The number of nitro groups is 1. The molecule has 0 radical (unpaired) electrons. The highest BCUT2D eigenvalue weighted by molar-refractivity contribution is 5.57. The molecule has 0 bridgehead atoms. The number of hydrogen-bond donors (Lipinski definition) is 3. The summed E-state index contributed by atoms with van der Waals surface area (Å²) in [5.41, 5.74) is 6.35. The van der Waals surface area contributed by atoms with Gasteiger partial charge in [0.25, 0.3) is 0 Å². The van der Waals surface area contributed by atoms with Crippen molar-refractivity contribution in [2.45, 2.75) is 38.1 Å². The molecule has 1 aliphatic carbocycles. The molecule has 4 N–H and O–H groups in total. The number of anilines is 2. The summed E-state index contributed by atoms with van der Waals surface area (Å²) >= 11 is 0. The van der Waals surface area contributed by atoms with E-state index in [2.05, 4.69) is 20.6 Å². The molecular weight excluding hydrogens is 363 g/mol. The lowest BCUT2D eigenvalue weighted by Gasteiger charge is -2.26. The third-order valence-electron chi connectivity index (χ3n) is 5.05. The normalized spacial score (nSPS) is 19.2. The van der Waals surface area contributed by atoms with Crippen molar-refractivity contribution in [3.05, 3.63) is 52.0 Å². The van der Waals surface area contributed by atoms with Crippen LogP contribution in [-0.4, -0.2) is 34.0 Å². The summed E-state index contributed by atoms with van der Waals surface area (Å²) in [6.07, 6.45) is 5.60. The summed E-state index contributed by atoms with van der Waals surface area (Å²) in [6.45, 7) is 1.03. The van der Waals surface area contributed by atoms with Crippen molar-refractivity contribution in [3.8, 4) is 0 Å². The van der Waals surface area contributed by atoms with Crippen LogP contribution in [0.25, 0.3) is 0 Å². The average molecular weight is 388 g/mol. The van der Waals surface area contributed by atoms with Gasteiger partial charge in [0.05, 0.1) is 4.92 Å². The van der Waals surface area contributed by atoms with Gasteiger partial charge in [0.1, 0.15) is 12.0 Å². The largest absolute Gasteiger partial charge is 0.364 e. The second-order valence-electron chi connectivity index (χ2n) is 7.11. The third-order valence-corrected chi connectivity index (χ3v) is 5.05. The Balaban J connectivity index is 1.60. The molecule has 150 valence electrons. The predicted octanol–water partition coefficient (Wildman–Crippen LogP) is 3.11. The Morgan fingerprint density at radius 1 is 1.21 bits per heavy atom. The molecular formula is C19H25FN6O2. The number of halogens is 1. The van der Waals surface area contributed by atoms with E-state index >= 15 is 0 Å². The zero-order valence-corrected chi connectivity index (χ0v) is 15.6.